The Labute approximate surface area is 79.7 Å². The molecule has 0 aromatic rings. The minimum absolute atomic E-state index is 0.153. The maximum absolute atomic E-state index is 5.53. The van der Waals surface area contributed by atoms with E-state index in [4.69, 9.17) is 15.3 Å². The molecule has 78 valence electrons. The lowest BCUT2D eigenvalue weighted by Gasteiger charge is -2.35. The Morgan fingerprint density at radius 1 is 1.62 bits per heavy atom. The molecule has 0 bridgehead atoms. The number of rotatable bonds is 4. The summed E-state index contributed by atoms with van der Waals surface area (Å²) in [7, 11) is 1.71. The van der Waals surface area contributed by atoms with Gasteiger partial charge in [-0.25, -0.2) is 0 Å². The molecular formula is C9H20N2O2. The largest absolute Gasteiger partial charge is 0.381 e. The average Bonchev–Trinajstić information content (AvgIpc) is 2.58. The molecule has 0 amide bonds. The van der Waals surface area contributed by atoms with Gasteiger partial charge in [0.2, 0.25) is 0 Å². The predicted molar refractivity (Wildman–Crippen MR) is 51.1 cm³/mol. The van der Waals surface area contributed by atoms with E-state index in [1.807, 2.05) is 13.8 Å². The number of hydrogen-bond acceptors (Lipinski definition) is 4. The zero-order chi connectivity index (χ0) is 9.90. The fourth-order valence-electron chi connectivity index (χ4n) is 1.85. The maximum Gasteiger partial charge on any atom is 0.0792 e. The second-order valence-electron chi connectivity index (χ2n) is 4.08. The molecule has 2 atom stereocenters. The Bertz CT molecular complexity index is 156. The Kier molecular flexibility index (Phi) is 3.67. The topological polar surface area (TPSA) is 56.5 Å². The number of ether oxygens (including phenoxy) is 2. The minimum atomic E-state index is -0.243. The summed E-state index contributed by atoms with van der Waals surface area (Å²) >= 11 is 0. The molecule has 0 aliphatic carbocycles. The van der Waals surface area contributed by atoms with E-state index in [1.54, 1.807) is 7.11 Å². The van der Waals surface area contributed by atoms with Crippen LogP contribution in [0.3, 0.4) is 0 Å². The van der Waals surface area contributed by atoms with Crippen LogP contribution in [0.5, 0.6) is 0 Å². The smallest absolute Gasteiger partial charge is 0.0792 e. The summed E-state index contributed by atoms with van der Waals surface area (Å²) in [6.07, 6.45) is 1.06. The Morgan fingerprint density at radius 3 is 2.69 bits per heavy atom. The molecule has 3 N–H and O–H groups in total. The summed E-state index contributed by atoms with van der Waals surface area (Å²) < 4.78 is 10.7. The van der Waals surface area contributed by atoms with Gasteiger partial charge in [-0.15, -0.1) is 0 Å². The van der Waals surface area contributed by atoms with Gasteiger partial charge in [0, 0.05) is 19.6 Å². The van der Waals surface area contributed by atoms with Gasteiger partial charge >= 0.3 is 0 Å². The Hall–Kier alpha value is -0.160. The van der Waals surface area contributed by atoms with E-state index in [0.717, 1.165) is 19.6 Å². The maximum atomic E-state index is 5.53. The average molecular weight is 188 g/mol. The van der Waals surface area contributed by atoms with Crippen LogP contribution in [0.4, 0.5) is 0 Å². The highest BCUT2D eigenvalue weighted by Crippen LogP contribution is 2.25. The molecule has 0 spiro atoms. The van der Waals surface area contributed by atoms with Crippen molar-refractivity contribution in [2.24, 2.45) is 11.8 Å². The zero-order valence-corrected chi connectivity index (χ0v) is 8.67. The van der Waals surface area contributed by atoms with Crippen LogP contribution in [0.25, 0.3) is 0 Å². The molecule has 0 saturated carbocycles. The van der Waals surface area contributed by atoms with Crippen molar-refractivity contribution in [3.05, 3.63) is 0 Å². The number of hydrogen-bond donors (Lipinski definition) is 2. The summed E-state index contributed by atoms with van der Waals surface area (Å²) in [5.41, 5.74) is 2.59. The van der Waals surface area contributed by atoms with Gasteiger partial charge in [-0.2, -0.15) is 0 Å². The fraction of sp³-hybridized carbons (Fsp3) is 1.00. The van der Waals surface area contributed by atoms with Gasteiger partial charge in [0.15, 0.2) is 0 Å². The molecule has 2 unspecified atom stereocenters. The van der Waals surface area contributed by atoms with Crippen LogP contribution < -0.4 is 11.3 Å². The first-order chi connectivity index (χ1) is 6.11. The highest BCUT2D eigenvalue weighted by atomic mass is 16.5. The second kappa shape index (κ2) is 4.37. The van der Waals surface area contributed by atoms with Gasteiger partial charge in [0.05, 0.1) is 18.2 Å². The molecule has 13 heavy (non-hydrogen) atoms. The SMILES string of the molecule is COC(C)(C)C(NN)C1CCOC1. The molecule has 1 saturated heterocycles. The molecule has 0 aromatic carbocycles. The van der Waals surface area contributed by atoms with Crippen molar-refractivity contribution in [3.63, 3.8) is 0 Å². The third kappa shape index (κ3) is 2.40. The molecule has 1 rings (SSSR count). The van der Waals surface area contributed by atoms with Crippen LogP contribution in [0.2, 0.25) is 0 Å². The van der Waals surface area contributed by atoms with Crippen LogP contribution >= 0.6 is 0 Å². The van der Waals surface area contributed by atoms with E-state index < -0.39 is 0 Å². The van der Waals surface area contributed by atoms with Crippen molar-refractivity contribution in [2.75, 3.05) is 20.3 Å². The van der Waals surface area contributed by atoms with Gasteiger partial charge in [0.1, 0.15) is 0 Å². The quantitative estimate of drug-likeness (QED) is 0.491. The molecule has 1 aliphatic heterocycles. The molecule has 0 radical (unpaired) electrons. The van der Waals surface area contributed by atoms with Gasteiger partial charge in [-0.1, -0.05) is 0 Å². The summed E-state index contributed by atoms with van der Waals surface area (Å²) in [5, 5.41) is 0. The van der Waals surface area contributed by atoms with Crippen molar-refractivity contribution in [1.29, 1.82) is 0 Å². The molecular weight excluding hydrogens is 168 g/mol. The monoisotopic (exact) mass is 188 g/mol. The summed E-state index contributed by atoms with van der Waals surface area (Å²) in [6, 6.07) is 0.153. The normalized spacial score (nSPS) is 26.3. The lowest BCUT2D eigenvalue weighted by atomic mass is 9.87. The number of hydrazine groups is 1. The Morgan fingerprint density at radius 2 is 2.31 bits per heavy atom. The molecule has 4 nitrogen and oxygen atoms in total. The van der Waals surface area contributed by atoms with Crippen LogP contribution in [0.15, 0.2) is 0 Å². The molecule has 1 aliphatic rings. The fourth-order valence-corrected chi connectivity index (χ4v) is 1.85. The second-order valence-corrected chi connectivity index (χ2v) is 4.08. The van der Waals surface area contributed by atoms with Crippen molar-refractivity contribution in [1.82, 2.24) is 5.43 Å². The van der Waals surface area contributed by atoms with Crippen LogP contribution in [0.1, 0.15) is 20.3 Å². The highest BCUT2D eigenvalue weighted by Gasteiger charge is 2.36. The van der Waals surface area contributed by atoms with Crippen LogP contribution in [-0.4, -0.2) is 32.0 Å². The van der Waals surface area contributed by atoms with E-state index in [9.17, 15) is 0 Å². The van der Waals surface area contributed by atoms with Gasteiger partial charge < -0.3 is 9.47 Å². The number of methoxy groups -OCH3 is 1. The van der Waals surface area contributed by atoms with Crippen molar-refractivity contribution in [2.45, 2.75) is 31.9 Å². The van der Waals surface area contributed by atoms with E-state index in [0.29, 0.717) is 5.92 Å². The van der Waals surface area contributed by atoms with E-state index >= 15 is 0 Å². The van der Waals surface area contributed by atoms with Gasteiger partial charge in [-0.3, -0.25) is 11.3 Å². The third-order valence-corrected chi connectivity index (χ3v) is 2.89. The lowest BCUT2D eigenvalue weighted by molar-refractivity contribution is -0.0289. The lowest BCUT2D eigenvalue weighted by Crippen LogP contribution is -2.55. The minimum Gasteiger partial charge on any atom is -0.381 e. The zero-order valence-electron chi connectivity index (χ0n) is 8.67. The van der Waals surface area contributed by atoms with Crippen molar-refractivity contribution >= 4 is 0 Å². The first kappa shape index (κ1) is 10.9. The van der Waals surface area contributed by atoms with E-state index in [2.05, 4.69) is 5.43 Å². The summed E-state index contributed by atoms with van der Waals surface area (Å²) in [6.45, 7) is 5.69. The molecule has 1 fully saturated rings. The molecule has 4 heteroatoms. The summed E-state index contributed by atoms with van der Waals surface area (Å²) in [5.74, 6) is 5.99. The van der Waals surface area contributed by atoms with Crippen molar-refractivity contribution in [3.8, 4) is 0 Å². The Balaban J connectivity index is 2.59. The van der Waals surface area contributed by atoms with Crippen LogP contribution in [-0.2, 0) is 9.47 Å². The van der Waals surface area contributed by atoms with Crippen LogP contribution in [0, 0.1) is 5.92 Å². The first-order valence-electron chi connectivity index (χ1n) is 4.71. The standard InChI is InChI=1S/C9H20N2O2/c1-9(2,12-3)8(11-10)7-4-5-13-6-7/h7-8,11H,4-6,10H2,1-3H3. The van der Waals surface area contributed by atoms with E-state index in [-0.39, 0.29) is 11.6 Å². The number of nitrogens with one attached hydrogen (secondary N) is 1. The highest BCUT2D eigenvalue weighted by molar-refractivity contribution is 4.90. The molecule has 1 heterocycles. The summed E-state index contributed by atoms with van der Waals surface area (Å²) in [4.78, 5) is 0. The molecule has 0 aromatic heterocycles. The third-order valence-electron chi connectivity index (χ3n) is 2.89. The van der Waals surface area contributed by atoms with Gasteiger partial charge in [-0.05, 0) is 20.3 Å². The predicted octanol–water partition coefficient (Wildman–Crippen LogP) is 0.280. The van der Waals surface area contributed by atoms with E-state index in [1.165, 1.54) is 0 Å². The number of nitrogens with two attached hydrogens (primary N) is 1. The first-order valence-corrected chi connectivity index (χ1v) is 4.71. The van der Waals surface area contributed by atoms with Gasteiger partial charge in [0.25, 0.3) is 0 Å². The van der Waals surface area contributed by atoms with Crippen molar-refractivity contribution < 1.29 is 9.47 Å².